The van der Waals surface area contributed by atoms with E-state index in [2.05, 4.69) is 12.0 Å². The number of hydrogen-bond acceptors (Lipinski definition) is 4. The van der Waals surface area contributed by atoms with Crippen LogP contribution in [0, 0.1) is 31.1 Å². The zero-order valence-corrected chi connectivity index (χ0v) is 14.3. The van der Waals surface area contributed by atoms with Crippen LogP contribution in [-0.4, -0.2) is 33.7 Å². The average molecular weight is 316 g/mol. The van der Waals surface area contributed by atoms with E-state index in [0.717, 1.165) is 36.3 Å². The van der Waals surface area contributed by atoms with Crippen molar-refractivity contribution < 1.29 is 4.79 Å². The van der Waals surface area contributed by atoms with E-state index in [1.807, 2.05) is 6.07 Å². The van der Waals surface area contributed by atoms with Crippen LogP contribution in [0.1, 0.15) is 49.4 Å². The van der Waals surface area contributed by atoms with Crippen LogP contribution in [0.4, 0.5) is 0 Å². The van der Waals surface area contributed by atoms with Gasteiger partial charge in [0.2, 0.25) is 5.91 Å². The van der Waals surface area contributed by atoms with Crippen molar-refractivity contribution in [2.45, 2.75) is 59.0 Å². The number of aromatic nitrogens is 2. The van der Waals surface area contributed by atoms with Crippen LogP contribution < -0.4 is 5.56 Å². The van der Waals surface area contributed by atoms with Gasteiger partial charge in [0.1, 0.15) is 18.2 Å². The number of likely N-dealkylation sites (N-methyl/N-ethyl adjacent to an activating group) is 1. The third-order valence-corrected chi connectivity index (χ3v) is 4.96. The summed E-state index contributed by atoms with van der Waals surface area (Å²) in [5.74, 6) is 0.586. The van der Waals surface area contributed by atoms with E-state index in [1.54, 1.807) is 25.8 Å². The van der Waals surface area contributed by atoms with Gasteiger partial charge in [0.15, 0.2) is 0 Å². The number of amides is 1. The SMILES string of the molecule is Cc1nn(CC(=O)N(C)C2CCC(C)CC2)c(=O)c(C#N)c1C. The summed E-state index contributed by atoms with van der Waals surface area (Å²) in [6.07, 6.45) is 4.26. The van der Waals surface area contributed by atoms with E-state index in [4.69, 9.17) is 5.26 Å². The number of rotatable bonds is 3. The van der Waals surface area contributed by atoms with Gasteiger partial charge in [0.25, 0.3) is 5.56 Å². The van der Waals surface area contributed by atoms with Crippen molar-refractivity contribution in [1.29, 1.82) is 5.26 Å². The van der Waals surface area contributed by atoms with Gasteiger partial charge >= 0.3 is 0 Å². The van der Waals surface area contributed by atoms with Crippen LogP contribution in [0.25, 0.3) is 0 Å². The van der Waals surface area contributed by atoms with Crippen molar-refractivity contribution in [2.75, 3.05) is 7.05 Å². The van der Waals surface area contributed by atoms with Gasteiger partial charge in [-0.25, -0.2) is 4.68 Å². The highest BCUT2D eigenvalue weighted by Gasteiger charge is 2.25. The summed E-state index contributed by atoms with van der Waals surface area (Å²) in [7, 11) is 1.79. The van der Waals surface area contributed by atoms with Crippen molar-refractivity contribution in [3.8, 4) is 6.07 Å². The third-order valence-electron chi connectivity index (χ3n) is 4.96. The highest BCUT2D eigenvalue weighted by atomic mass is 16.2. The number of nitrogens with zero attached hydrogens (tertiary/aromatic N) is 4. The first-order chi connectivity index (χ1) is 10.8. The molecule has 0 saturated heterocycles. The molecule has 0 unspecified atom stereocenters. The van der Waals surface area contributed by atoms with E-state index >= 15 is 0 Å². The molecule has 6 heteroatoms. The Labute approximate surface area is 136 Å². The van der Waals surface area contributed by atoms with E-state index in [0.29, 0.717) is 11.3 Å². The van der Waals surface area contributed by atoms with Crippen molar-refractivity contribution in [1.82, 2.24) is 14.7 Å². The molecule has 1 aromatic rings. The smallest absolute Gasteiger partial charge is 0.285 e. The van der Waals surface area contributed by atoms with E-state index < -0.39 is 5.56 Å². The van der Waals surface area contributed by atoms with Gasteiger partial charge in [-0.1, -0.05) is 6.92 Å². The van der Waals surface area contributed by atoms with Gasteiger partial charge < -0.3 is 4.90 Å². The van der Waals surface area contributed by atoms with E-state index in [9.17, 15) is 9.59 Å². The van der Waals surface area contributed by atoms with Crippen LogP contribution >= 0.6 is 0 Å². The standard InChI is InChI=1S/C17H24N4O2/c1-11-5-7-14(8-6-11)20(4)16(22)10-21-17(23)15(9-18)12(2)13(3)19-21/h11,14H,5-8,10H2,1-4H3. The Morgan fingerprint density at radius 2 is 1.96 bits per heavy atom. The average Bonchev–Trinajstić information content (AvgIpc) is 2.53. The van der Waals surface area contributed by atoms with Gasteiger partial charge in [-0.2, -0.15) is 10.4 Å². The molecular formula is C17H24N4O2. The molecule has 1 aromatic heterocycles. The van der Waals surface area contributed by atoms with Crippen molar-refractivity contribution in [3.05, 3.63) is 27.2 Å². The Morgan fingerprint density at radius 1 is 1.35 bits per heavy atom. The zero-order valence-electron chi connectivity index (χ0n) is 14.3. The van der Waals surface area contributed by atoms with Gasteiger partial charge in [-0.05, 0) is 51.0 Å². The minimum absolute atomic E-state index is 0.0689. The fraction of sp³-hybridized carbons (Fsp3) is 0.647. The molecule has 1 fully saturated rings. The van der Waals surface area contributed by atoms with Crippen LogP contribution in [-0.2, 0) is 11.3 Å². The molecule has 1 saturated carbocycles. The Hall–Kier alpha value is -2.16. The van der Waals surface area contributed by atoms with Gasteiger partial charge in [-0.3, -0.25) is 9.59 Å². The number of carbonyl (C=O) groups is 1. The molecule has 0 N–H and O–H groups in total. The molecule has 0 bridgehead atoms. The maximum Gasteiger partial charge on any atom is 0.285 e. The van der Waals surface area contributed by atoms with E-state index in [1.165, 1.54) is 0 Å². The van der Waals surface area contributed by atoms with Crippen molar-refractivity contribution >= 4 is 5.91 Å². The molecule has 0 aromatic carbocycles. The summed E-state index contributed by atoms with van der Waals surface area (Å²) in [4.78, 5) is 26.5. The summed E-state index contributed by atoms with van der Waals surface area (Å²) in [6.45, 7) is 5.56. The summed E-state index contributed by atoms with van der Waals surface area (Å²) in [5.41, 5.74) is 0.757. The third kappa shape index (κ3) is 3.61. The molecule has 0 radical (unpaired) electrons. The fourth-order valence-corrected chi connectivity index (χ4v) is 3.08. The lowest BCUT2D eigenvalue weighted by Crippen LogP contribution is -2.43. The Kier molecular flexibility index (Phi) is 5.19. The highest BCUT2D eigenvalue weighted by Crippen LogP contribution is 2.26. The molecule has 6 nitrogen and oxygen atoms in total. The van der Waals surface area contributed by atoms with Crippen LogP contribution in [0.5, 0.6) is 0 Å². The molecule has 0 atom stereocenters. The first-order valence-electron chi connectivity index (χ1n) is 8.09. The predicted octanol–water partition coefficient (Wildman–Crippen LogP) is 1.77. The topological polar surface area (TPSA) is 79.0 Å². The first kappa shape index (κ1) is 17.2. The number of hydrogen-bond donors (Lipinski definition) is 0. The molecule has 23 heavy (non-hydrogen) atoms. The lowest BCUT2D eigenvalue weighted by atomic mass is 9.87. The fourth-order valence-electron chi connectivity index (χ4n) is 3.08. The van der Waals surface area contributed by atoms with Crippen LogP contribution in [0.3, 0.4) is 0 Å². The molecule has 1 aliphatic carbocycles. The van der Waals surface area contributed by atoms with Gasteiger partial charge in [0.05, 0.1) is 5.69 Å². The maximum atomic E-state index is 12.5. The molecule has 1 heterocycles. The minimum Gasteiger partial charge on any atom is -0.341 e. The lowest BCUT2D eigenvalue weighted by Gasteiger charge is -2.33. The van der Waals surface area contributed by atoms with Crippen molar-refractivity contribution in [3.63, 3.8) is 0 Å². The largest absolute Gasteiger partial charge is 0.341 e. The van der Waals surface area contributed by atoms with Crippen LogP contribution in [0.2, 0.25) is 0 Å². The summed E-state index contributed by atoms with van der Waals surface area (Å²) in [6, 6.07) is 2.15. The first-order valence-corrected chi connectivity index (χ1v) is 8.09. The quantitative estimate of drug-likeness (QED) is 0.851. The maximum absolute atomic E-state index is 12.5. The second-order valence-electron chi connectivity index (χ2n) is 6.58. The molecule has 1 aliphatic rings. The molecule has 2 rings (SSSR count). The zero-order chi connectivity index (χ0) is 17.1. The van der Waals surface area contributed by atoms with Gasteiger partial charge in [0, 0.05) is 13.1 Å². The number of aryl methyl sites for hydroxylation is 1. The predicted molar refractivity (Wildman–Crippen MR) is 86.9 cm³/mol. The van der Waals surface area contributed by atoms with Gasteiger partial charge in [-0.15, -0.1) is 0 Å². The van der Waals surface area contributed by atoms with E-state index in [-0.39, 0.29) is 24.1 Å². The molecule has 124 valence electrons. The number of nitriles is 1. The Balaban J connectivity index is 2.16. The van der Waals surface area contributed by atoms with Crippen molar-refractivity contribution in [2.24, 2.45) is 5.92 Å². The highest BCUT2D eigenvalue weighted by molar-refractivity contribution is 5.76. The molecular weight excluding hydrogens is 292 g/mol. The summed E-state index contributed by atoms with van der Waals surface area (Å²) in [5, 5.41) is 13.3. The molecule has 0 spiro atoms. The van der Waals surface area contributed by atoms with Crippen LogP contribution in [0.15, 0.2) is 4.79 Å². The normalized spacial score (nSPS) is 20.8. The second-order valence-corrected chi connectivity index (χ2v) is 6.58. The second kappa shape index (κ2) is 6.95. The monoisotopic (exact) mass is 316 g/mol. The molecule has 1 amide bonds. The number of carbonyl (C=O) groups excluding carboxylic acids is 1. The Bertz CT molecular complexity index is 694. The summed E-state index contributed by atoms with van der Waals surface area (Å²) < 4.78 is 1.12. The Morgan fingerprint density at radius 3 is 2.52 bits per heavy atom. The molecule has 0 aliphatic heterocycles. The lowest BCUT2D eigenvalue weighted by molar-refractivity contribution is -0.133. The minimum atomic E-state index is -0.491. The summed E-state index contributed by atoms with van der Waals surface area (Å²) >= 11 is 0.